The van der Waals surface area contributed by atoms with Crippen molar-refractivity contribution in [2.75, 3.05) is 58.9 Å². The highest BCUT2D eigenvalue weighted by Gasteiger charge is 2.35. The third-order valence-electron chi connectivity index (χ3n) is 6.26. The molecular weight excluding hydrogens is 425 g/mol. The highest BCUT2D eigenvalue weighted by molar-refractivity contribution is 5.82. The van der Waals surface area contributed by atoms with Crippen LogP contribution >= 0.6 is 0 Å². The van der Waals surface area contributed by atoms with Crippen molar-refractivity contribution < 1.29 is 27.5 Å². The summed E-state index contributed by atoms with van der Waals surface area (Å²) < 4.78 is 40.7. The van der Waals surface area contributed by atoms with Crippen LogP contribution in [0.2, 0.25) is 0 Å². The van der Waals surface area contributed by atoms with E-state index >= 15 is 0 Å². The Kier molecular flexibility index (Phi) is 6.90. The molecule has 4 rings (SSSR count). The Morgan fingerprint density at radius 3 is 1.97 bits per heavy atom. The molecule has 7 nitrogen and oxygen atoms in total. The van der Waals surface area contributed by atoms with E-state index in [1.807, 2.05) is 9.80 Å². The first-order chi connectivity index (χ1) is 15.3. The number of carbonyl (C=O) groups is 2. The number of halogens is 3. The molecule has 176 valence electrons. The number of hydrogen-bond acceptors (Lipinski definition) is 5. The van der Waals surface area contributed by atoms with Crippen LogP contribution in [0.3, 0.4) is 0 Å². The summed E-state index contributed by atoms with van der Waals surface area (Å²) in [6.45, 7) is 6.59. The van der Waals surface area contributed by atoms with Crippen molar-refractivity contribution >= 4 is 11.8 Å². The van der Waals surface area contributed by atoms with E-state index in [1.54, 1.807) is 12.1 Å². The molecule has 2 saturated heterocycles. The van der Waals surface area contributed by atoms with E-state index in [0.717, 1.165) is 44.6 Å². The van der Waals surface area contributed by atoms with Crippen LogP contribution < -0.4 is 4.74 Å². The Morgan fingerprint density at radius 1 is 0.844 bits per heavy atom. The first-order valence-corrected chi connectivity index (χ1v) is 11.1. The molecule has 0 N–H and O–H groups in total. The van der Waals surface area contributed by atoms with Crippen LogP contribution in [0, 0.1) is 5.92 Å². The lowest BCUT2D eigenvalue weighted by molar-refractivity contribution is -0.274. The Labute approximate surface area is 185 Å². The van der Waals surface area contributed by atoms with Gasteiger partial charge in [-0.15, -0.1) is 13.2 Å². The topological polar surface area (TPSA) is 56.3 Å². The van der Waals surface area contributed by atoms with Crippen LogP contribution in [0.15, 0.2) is 24.3 Å². The molecule has 0 atom stereocenters. The molecular formula is C22H29F3N4O3. The summed E-state index contributed by atoms with van der Waals surface area (Å²) in [4.78, 5) is 32.9. The van der Waals surface area contributed by atoms with Gasteiger partial charge < -0.3 is 14.5 Å². The lowest BCUT2D eigenvalue weighted by Crippen LogP contribution is -2.54. The van der Waals surface area contributed by atoms with Gasteiger partial charge in [0, 0.05) is 64.8 Å². The van der Waals surface area contributed by atoms with Gasteiger partial charge in [0.2, 0.25) is 11.8 Å². The van der Waals surface area contributed by atoms with Gasteiger partial charge in [0.25, 0.3) is 0 Å². The van der Waals surface area contributed by atoms with Crippen LogP contribution in [-0.2, 0) is 16.1 Å². The first kappa shape index (κ1) is 22.8. The molecule has 0 aromatic heterocycles. The number of carbonyl (C=O) groups excluding carboxylic acids is 2. The van der Waals surface area contributed by atoms with Gasteiger partial charge in [-0.05, 0) is 30.5 Å². The Balaban J connectivity index is 1.16. The first-order valence-electron chi connectivity index (χ1n) is 11.1. The van der Waals surface area contributed by atoms with E-state index in [1.165, 1.54) is 12.1 Å². The zero-order valence-electron chi connectivity index (χ0n) is 18.0. The van der Waals surface area contributed by atoms with Gasteiger partial charge in [-0.2, -0.15) is 0 Å². The van der Waals surface area contributed by atoms with Crippen molar-refractivity contribution in [2.45, 2.75) is 25.7 Å². The van der Waals surface area contributed by atoms with E-state index < -0.39 is 6.36 Å². The van der Waals surface area contributed by atoms with Crippen molar-refractivity contribution in [3.63, 3.8) is 0 Å². The van der Waals surface area contributed by atoms with Crippen molar-refractivity contribution in [1.29, 1.82) is 0 Å². The van der Waals surface area contributed by atoms with Gasteiger partial charge in [-0.3, -0.25) is 19.4 Å². The zero-order chi connectivity index (χ0) is 22.7. The number of rotatable bonds is 6. The number of piperazine rings is 2. The third-order valence-corrected chi connectivity index (χ3v) is 6.26. The van der Waals surface area contributed by atoms with E-state index in [0.29, 0.717) is 39.3 Å². The predicted octanol–water partition coefficient (Wildman–Crippen LogP) is 1.78. The van der Waals surface area contributed by atoms with E-state index in [4.69, 9.17) is 0 Å². The second kappa shape index (κ2) is 9.66. The Bertz CT molecular complexity index is 798. The van der Waals surface area contributed by atoms with Crippen LogP contribution in [0.5, 0.6) is 5.75 Å². The summed E-state index contributed by atoms with van der Waals surface area (Å²) in [5.74, 6) is 0.356. The molecule has 0 unspecified atom stereocenters. The molecule has 2 heterocycles. The fourth-order valence-corrected chi connectivity index (χ4v) is 4.22. The number of amides is 2. The maximum absolute atomic E-state index is 12.7. The lowest BCUT2D eigenvalue weighted by Gasteiger charge is -2.38. The Hall–Kier alpha value is -2.33. The van der Waals surface area contributed by atoms with Gasteiger partial charge >= 0.3 is 6.36 Å². The number of nitrogens with zero attached hydrogens (tertiary/aromatic N) is 4. The minimum Gasteiger partial charge on any atom is -0.406 e. The second-order valence-corrected chi connectivity index (χ2v) is 8.72. The lowest BCUT2D eigenvalue weighted by atomic mass is 10.2. The summed E-state index contributed by atoms with van der Waals surface area (Å²) in [6.07, 6.45) is -2.68. The molecule has 1 aromatic carbocycles. The van der Waals surface area contributed by atoms with Crippen molar-refractivity contribution in [1.82, 2.24) is 19.6 Å². The van der Waals surface area contributed by atoms with Crippen LogP contribution in [0.4, 0.5) is 13.2 Å². The largest absolute Gasteiger partial charge is 0.573 e. The van der Waals surface area contributed by atoms with Crippen molar-refractivity contribution in [3.05, 3.63) is 29.8 Å². The summed E-state index contributed by atoms with van der Waals surface area (Å²) >= 11 is 0. The average Bonchev–Trinajstić information content (AvgIpc) is 3.60. The maximum atomic E-state index is 12.7. The molecule has 0 spiro atoms. The molecule has 0 radical (unpaired) electrons. The zero-order valence-corrected chi connectivity index (χ0v) is 18.0. The van der Waals surface area contributed by atoms with Crippen LogP contribution in [0.25, 0.3) is 0 Å². The van der Waals surface area contributed by atoms with E-state index in [-0.39, 0.29) is 23.5 Å². The number of hydrogen-bond donors (Lipinski definition) is 0. The number of benzene rings is 1. The number of ether oxygens (including phenoxy) is 1. The standard InChI is InChI=1S/C22H29F3N4O3/c23-22(24,25)32-19-5-1-17(2-6-19)15-26-7-9-27(10-8-26)16-20(30)28-11-13-29(14-12-28)21(31)18-3-4-18/h1-2,5-6,18H,3-4,7-16H2. The Morgan fingerprint density at radius 2 is 1.41 bits per heavy atom. The molecule has 32 heavy (non-hydrogen) atoms. The molecule has 1 aromatic rings. The van der Waals surface area contributed by atoms with Crippen LogP contribution in [-0.4, -0.2) is 96.7 Å². The molecule has 2 aliphatic heterocycles. The number of alkyl halides is 3. The van der Waals surface area contributed by atoms with E-state index in [2.05, 4.69) is 14.5 Å². The van der Waals surface area contributed by atoms with Crippen molar-refractivity contribution in [2.24, 2.45) is 5.92 Å². The summed E-state index contributed by atoms with van der Waals surface area (Å²) in [6, 6.07) is 5.95. The SMILES string of the molecule is O=C(CN1CCN(Cc2ccc(OC(F)(F)F)cc2)CC1)N1CCN(C(=O)C2CC2)CC1. The molecule has 1 saturated carbocycles. The molecule has 2 amide bonds. The molecule has 3 fully saturated rings. The fourth-order valence-electron chi connectivity index (χ4n) is 4.22. The van der Waals surface area contributed by atoms with Gasteiger partial charge in [-0.25, -0.2) is 0 Å². The summed E-state index contributed by atoms with van der Waals surface area (Å²) in [5.41, 5.74) is 0.919. The van der Waals surface area contributed by atoms with Gasteiger partial charge in [0.15, 0.2) is 0 Å². The van der Waals surface area contributed by atoms with Crippen molar-refractivity contribution in [3.8, 4) is 5.75 Å². The van der Waals surface area contributed by atoms with Gasteiger partial charge in [-0.1, -0.05) is 12.1 Å². The molecule has 10 heteroatoms. The van der Waals surface area contributed by atoms with Crippen LogP contribution in [0.1, 0.15) is 18.4 Å². The minimum absolute atomic E-state index is 0.109. The predicted molar refractivity (Wildman–Crippen MR) is 111 cm³/mol. The summed E-state index contributed by atoms with van der Waals surface area (Å²) in [7, 11) is 0. The smallest absolute Gasteiger partial charge is 0.406 e. The molecule has 1 aliphatic carbocycles. The highest BCUT2D eigenvalue weighted by atomic mass is 19.4. The van der Waals surface area contributed by atoms with Gasteiger partial charge in [0.05, 0.1) is 6.54 Å². The van der Waals surface area contributed by atoms with E-state index in [9.17, 15) is 22.8 Å². The third kappa shape index (κ3) is 6.35. The summed E-state index contributed by atoms with van der Waals surface area (Å²) in [5, 5.41) is 0. The normalized spacial score (nSPS) is 21.0. The second-order valence-electron chi connectivity index (χ2n) is 8.72. The molecule has 0 bridgehead atoms. The maximum Gasteiger partial charge on any atom is 0.573 e. The monoisotopic (exact) mass is 454 g/mol. The highest BCUT2D eigenvalue weighted by Crippen LogP contribution is 2.31. The minimum atomic E-state index is -4.68. The average molecular weight is 454 g/mol. The van der Waals surface area contributed by atoms with Gasteiger partial charge in [0.1, 0.15) is 5.75 Å². The fraction of sp³-hybridized carbons (Fsp3) is 0.636. The molecule has 3 aliphatic rings. The quantitative estimate of drug-likeness (QED) is 0.656.